The van der Waals surface area contributed by atoms with E-state index >= 15 is 0 Å². The maximum absolute atomic E-state index is 13.9. The van der Waals surface area contributed by atoms with Gasteiger partial charge in [-0.2, -0.15) is 0 Å². The minimum atomic E-state index is -0.847. The van der Waals surface area contributed by atoms with E-state index in [2.05, 4.69) is 0 Å². The number of rotatable bonds is 3. The van der Waals surface area contributed by atoms with Gasteiger partial charge >= 0.3 is 5.97 Å². The maximum atomic E-state index is 13.9. The molecule has 1 N–H and O–H groups in total. The fourth-order valence-electron chi connectivity index (χ4n) is 3.65. The lowest BCUT2D eigenvalue weighted by molar-refractivity contribution is -0.142. The third kappa shape index (κ3) is 3.82. The van der Waals surface area contributed by atoms with Crippen molar-refractivity contribution in [3.8, 4) is 0 Å². The molecule has 1 aromatic carbocycles. The van der Waals surface area contributed by atoms with Crippen molar-refractivity contribution in [2.75, 3.05) is 26.2 Å². The quantitative estimate of drug-likeness (QED) is 0.869. The molecule has 1 aliphatic carbocycles. The van der Waals surface area contributed by atoms with Crippen LogP contribution in [-0.2, 0) is 9.59 Å². The Morgan fingerprint density at radius 2 is 1.65 bits per heavy atom. The van der Waals surface area contributed by atoms with Crippen LogP contribution in [0.25, 0.3) is 0 Å². The summed E-state index contributed by atoms with van der Waals surface area (Å²) < 4.78 is 13.9. The standard InChI is InChI=1S/C18H20ClFN2O4/c19-13-3-4-14(15(20)10-13)17(24)22-7-5-21(6-8-22)16(23)11-1-2-12(9-11)18(25)26/h3-4,10-12H,1-2,5-9H2,(H,25,26)/t11-,12+/m0/s1. The Bertz CT molecular complexity index is 734. The molecule has 0 unspecified atom stereocenters. The summed E-state index contributed by atoms with van der Waals surface area (Å²) in [6, 6.07) is 3.94. The number of hydrogen-bond donors (Lipinski definition) is 1. The van der Waals surface area contributed by atoms with Crippen molar-refractivity contribution in [3.05, 3.63) is 34.6 Å². The number of carboxylic acids is 1. The smallest absolute Gasteiger partial charge is 0.306 e. The Hall–Kier alpha value is -2.15. The number of carbonyl (C=O) groups is 3. The van der Waals surface area contributed by atoms with Crippen LogP contribution < -0.4 is 0 Å². The molecular formula is C18H20ClFN2O4. The van der Waals surface area contributed by atoms with Gasteiger partial charge in [0.25, 0.3) is 5.91 Å². The Kier molecular flexibility index (Phi) is 5.46. The molecular weight excluding hydrogens is 363 g/mol. The van der Waals surface area contributed by atoms with Gasteiger partial charge in [0.05, 0.1) is 11.5 Å². The molecule has 1 heterocycles. The van der Waals surface area contributed by atoms with Crippen LogP contribution in [0.3, 0.4) is 0 Å². The van der Waals surface area contributed by atoms with E-state index in [1.54, 1.807) is 4.90 Å². The van der Waals surface area contributed by atoms with Gasteiger partial charge in [-0.1, -0.05) is 11.6 Å². The van der Waals surface area contributed by atoms with Gasteiger partial charge in [-0.15, -0.1) is 0 Å². The fourth-order valence-corrected chi connectivity index (χ4v) is 3.81. The van der Waals surface area contributed by atoms with Crippen molar-refractivity contribution in [2.24, 2.45) is 11.8 Å². The van der Waals surface area contributed by atoms with Crippen LogP contribution in [0, 0.1) is 17.7 Å². The van der Waals surface area contributed by atoms with E-state index in [9.17, 15) is 18.8 Å². The molecule has 1 saturated heterocycles. The van der Waals surface area contributed by atoms with E-state index < -0.39 is 23.6 Å². The zero-order valence-corrected chi connectivity index (χ0v) is 14.9. The number of carboxylic acid groups (broad SMARTS) is 1. The van der Waals surface area contributed by atoms with E-state index in [0.29, 0.717) is 45.4 Å². The van der Waals surface area contributed by atoms with Gasteiger partial charge in [0, 0.05) is 37.1 Å². The number of amides is 2. The first-order valence-corrected chi connectivity index (χ1v) is 9.00. The van der Waals surface area contributed by atoms with Gasteiger partial charge in [-0.3, -0.25) is 14.4 Å². The molecule has 1 aromatic rings. The van der Waals surface area contributed by atoms with E-state index in [-0.39, 0.29) is 22.4 Å². The zero-order valence-electron chi connectivity index (χ0n) is 14.2. The van der Waals surface area contributed by atoms with Crippen LogP contribution in [0.2, 0.25) is 5.02 Å². The molecule has 140 valence electrons. The molecule has 2 atom stereocenters. The molecule has 6 nitrogen and oxygen atoms in total. The van der Waals surface area contributed by atoms with E-state index in [0.717, 1.165) is 6.07 Å². The average Bonchev–Trinajstić information content (AvgIpc) is 3.11. The summed E-state index contributed by atoms with van der Waals surface area (Å²) >= 11 is 5.71. The molecule has 26 heavy (non-hydrogen) atoms. The van der Waals surface area contributed by atoms with Crippen LogP contribution in [0.1, 0.15) is 29.6 Å². The van der Waals surface area contributed by atoms with Crippen LogP contribution >= 0.6 is 11.6 Å². The maximum Gasteiger partial charge on any atom is 0.306 e. The van der Waals surface area contributed by atoms with E-state index in [1.807, 2.05) is 0 Å². The monoisotopic (exact) mass is 382 g/mol. The number of benzene rings is 1. The number of aliphatic carboxylic acids is 1. The SMILES string of the molecule is O=C(O)[C@@H]1CC[C@H](C(=O)N2CCN(C(=O)c3ccc(Cl)cc3F)CC2)C1. The zero-order chi connectivity index (χ0) is 18.8. The molecule has 0 bridgehead atoms. The predicted octanol–water partition coefficient (Wildman–Crippen LogP) is 2.26. The van der Waals surface area contributed by atoms with Crippen molar-refractivity contribution in [3.63, 3.8) is 0 Å². The Balaban J connectivity index is 1.56. The second-order valence-electron chi connectivity index (χ2n) is 6.79. The van der Waals surface area contributed by atoms with Crippen molar-refractivity contribution < 1.29 is 23.9 Å². The molecule has 2 fully saturated rings. The molecule has 2 aliphatic rings. The highest BCUT2D eigenvalue weighted by Crippen LogP contribution is 2.32. The van der Waals surface area contributed by atoms with Crippen LogP contribution in [0.5, 0.6) is 0 Å². The highest BCUT2D eigenvalue weighted by molar-refractivity contribution is 6.30. The van der Waals surface area contributed by atoms with Gasteiger partial charge < -0.3 is 14.9 Å². The second-order valence-corrected chi connectivity index (χ2v) is 7.22. The van der Waals surface area contributed by atoms with E-state index in [1.165, 1.54) is 17.0 Å². The lowest BCUT2D eigenvalue weighted by Gasteiger charge is -2.36. The molecule has 2 amide bonds. The highest BCUT2D eigenvalue weighted by Gasteiger charge is 2.37. The summed E-state index contributed by atoms with van der Waals surface area (Å²) in [6.07, 6.45) is 1.49. The van der Waals surface area contributed by atoms with E-state index in [4.69, 9.17) is 16.7 Å². The number of hydrogen-bond acceptors (Lipinski definition) is 3. The topological polar surface area (TPSA) is 77.9 Å². The normalized spacial score (nSPS) is 23.2. The number of halogens is 2. The fraction of sp³-hybridized carbons (Fsp3) is 0.500. The van der Waals surface area contributed by atoms with Crippen molar-refractivity contribution in [1.29, 1.82) is 0 Å². The first kappa shape index (κ1) is 18.6. The molecule has 3 rings (SSSR count). The molecule has 1 aliphatic heterocycles. The number of piperazine rings is 1. The summed E-state index contributed by atoms with van der Waals surface area (Å²) in [7, 11) is 0. The van der Waals surface area contributed by atoms with Crippen LogP contribution in [-0.4, -0.2) is 58.9 Å². The molecule has 0 radical (unpaired) electrons. The van der Waals surface area contributed by atoms with Crippen LogP contribution in [0.4, 0.5) is 4.39 Å². The summed E-state index contributed by atoms with van der Waals surface area (Å²) in [5, 5.41) is 9.29. The van der Waals surface area contributed by atoms with Crippen molar-refractivity contribution in [1.82, 2.24) is 9.80 Å². The average molecular weight is 383 g/mol. The summed E-state index contributed by atoms with van der Waals surface area (Å²) in [5.74, 6) is -2.67. The Labute approximate surface area is 155 Å². The first-order valence-electron chi connectivity index (χ1n) is 8.62. The molecule has 1 saturated carbocycles. The third-order valence-electron chi connectivity index (χ3n) is 5.17. The lowest BCUT2D eigenvalue weighted by Crippen LogP contribution is -2.52. The molecule has 0 aromatic heterocycles. The molecule has 0 spiro atoms. The Morgan fingerprint density at radius 1 is 1.04 bits per heavy atom. The third-order valence-corrected chi connectivity index (χ3v) is 5.41. The van der Waals surface area contributed by atoms with Gasteiger partial charge in [0.2, 0.25) is 5.91 Å². The predicted molar refractivity (Wildman–Crippen MR) is 92.4 cm³/mol. The second kappa shape index (κ2) is 7.61. The highest BCUT2D eigenvalue weighted by atomic mass is 35.5. The molecule has 8 heteroatoms. The summed E-state index contributed by atoms with van der Waals surface area (Å²) in [4.78, 5) is 39.3. The van der Waals surface area contributed by atoms with Crippen LogP contribution in [0.15, 0.2) is 18.2 Å². The summed E-state index contributed by atoms with van der Waals surface area (Å²) in [5.41, 5.74) is -0.0331. The minimum Gasteiger partial charge on any atom is -0.481 e. The number of nitrogens with zero attached hydrogens (tertiary/aromatic N) is 2. The minimum absolute atomic E-state index is 0.0331. The number of carbonyl (C=O) groups excluding carboxylic acids is 2. The van der Waals surface area contributed by atoms with Crippen molar-refractivity contribution >= 4 is 29.4 Å². The largest absolute Gasteiger partial charge is 0.481 e. The van der Waals surface area contributed by atoms with Gasteiger partial charge in [0.1, 0.15) is 5.82 Å². The lowest BCUT2D eigenvalue weighted by atomic mass is 10.0. The first-order chi connectivity index (χ1) is 12.4. The van der Waals surface area contributed by atoms with Gasteiger partial charge in [0.15, 0.2) is 0 Å². The van der Waals surface area contributed by atoms with Crippen molar-refractivity contribution in [2.45, 2.75) is 19.3 Å². The van der Waals surface area contributed by atoms with Gasteiger partial charge in [-0.25, -0.2) is 4.39 Å². The van der Waals surface area contributed by atoms with Gasteiger partial charge in [-0.05, 0) is 37.5 Å². The summed E-state index contributed by atoms with van der Waals surface area (Å²) in [6.45, 7) is 1.38. The Morgan fingerprint density at radius 3 is 2.23 bits per heavy atom.